The van der Waals surface area contributed by atoms with Crippen LogP contribution in [0.3, 0.4) is 0 Å². The number of nitrogens with zero attached hydrogens (tertiary/aromatic N) is 3. The molecule has 0 spiro atoms. The molecule has 30 heavy (non-hydrogen) atoms. The highest BCUT2D eigenvalue weighted by molar-refractivity contribution is 5.90. The van der Waals surface area contributed by atoms with Crippen molar-refractivity contribution >= 4 is 23.2 Å². The molecule has 3 amide bonds. The number of aromatic nitrogens is 1. The fraction of sp³-hybridized carbons (Fsp3) is 0.375. The van der Waals surface area contributed by atoms with Gasteiger partial charge in [0.05, 0.1) is 0 Å². The molecule has 6 heteroatoms. The summed E-state index contributed by atoms with van der Waals surface area (Å²) in [6.45, 7) is 2.94. The largest absolute Gasteiger partial charge is 0.338 e. The Balaban J connectivity index is 1.13. The molecule has 1 saturated heterocycles. The first-order valence-electron chi connectivity index (χ1n) is 10.7. The summed E-state index contributed by atoms with van der Waals surface area (Å²) in [6, 6.07) is 11.9. The third-order valence-electron chi connectivity index (χ3n) is 6.28. The van der Waals surface area contributed by atoms with Gasteiger partial charge in [-0.05, 0) is 54.2 Å². The molecular weight excluding hydrogens is 376 g/mol. The molecule has 1 N–H and O–H groups in total. The number of benzene rings is 1. The van der Waals surface area contributed by atoms with E-state index in [0.717, 1.165) is 50.1 Å². The van der Waals surface area contributed by atoms with Gasteiger partial charge in [0, 0.05) is 56.1 Å². The molecule has 0 bridgehead atoms. The monoisotopic (exact) mass is 402 g/mol. The molecule has 6 nitrogen and oxygen atoms in total. The summed E-state index contributed by atoms with van der Waals surface area (Å²) < 4.78 is 0. The summed E-state index contributed by atoms with van der Waals surface area (Å²) in [7, 11) is 0. The van der Waals surface area contributed by atoms with E-state index in [4.69, 9.17) is 0 Å². The first-order chi connectivity index (χ1) is 14.7. The zero-order valence-corrected chi connectivity index (χ0v) is 17.0. The summed E-state index contributed by atoms with van der Waals surface area (Å²) in [4.78, 5) is 32.6. The molecule has 5 rings (SSSR count). The number of urea groups is 1. The SMILES string of the molecule is O=C(Nc1ccc(C2=CCN(C(=O)C3CC3)CC2)cc1)N1CC(c2cccnc2)C1. The number of carbonyl (C=O) groups excluding carboxylic acids is 2. The number of hydrogen-bond acceptors (Lipinski definition) is 3. The predicted octanol–water partition coefficient (Wildman–Crippen LogP) is 3.74. The number of amides is 3. The van der Waals surface area contributed by atoms with Crippen molar-refractivity contribution in [3.05, 3.63) is 66.0 Å². The van der Waals surface area contributed by atoms with Gasteiger partial charge in [-0.25, -0.2) is 4.79 Å². The lowest BCUT2D eigenvalue weighted by molar-refractivity contribution is -0.132. The lowest BCUT2D eigenvalue weighted by atomic mass is 9.93. The smallest absolute Gasteiger partial charge is 0.321 e. The standard InChI is InChI=1S/C24H26N4O2/c29-23(19-3-4-19)27-12-9-18(10-13-27)17-5-7-22(8-6-17)26-24(30)28-15-21(16-28)20-2-1-11-25-14-20/h1-2,5-9,11,14,19,21H,3-4,10,12-13,15-16H2,(H,26,30). The molecule has 3 heterocycles. The molecule has 1 saturated carbocycles. The Labute approximate surface area is 176 Å². The second-order valence-electron chi connectivity index (χ2n) is 8.43. The Morgan fingerprint density at radius 2 is 1.83 bits per heavy atom. The highest BCUT2D eigenvalue weighted by atomic mass is 16.2. The molecule has 2 aliphatic heterocycles. The Morgan fingerprint density at radius 3 is 2.47 bits per heavy atom. The van der Waals surface area contributed by atoms with E-state index in [1.807, 2.05) is 46.3 Å². The second-order valence-corrected chi connectivity index (χ2v) is 8.43. The van der Waals surface area contributed by atoms with Crippen LogP contribution in [0.1, 0.15) is 36.3 Å². The Hall–Kier alpha value is -3.15. The number of anilines is 1. The summed E-state index contributed by atoms with van der Waals surface area (Å²) in [5.41, 5.74) is 4.42. The van der Waals surface area contributed by atoms with Crippen LogP contribution in [-0.2, 0) is 4.79 Å². The van der Waals surface area contributed by atoms with Crippen molar-refractivity contribution in [2.75, 3.05) is 31.5 Å². The van der Waals surface area contributed by atoms with Crippen LogP contribution >= 0.6 is 0 Å². The summed E-state index contributed by atoms with van der Waals surface area (Å²) >= 11 is 0. The summed E-state index contributed by atoms with van der Waals surface area (Å²) in [6.07, 6.45) is 8.80. The molecule has 0 radical (unpaired) electrons. The predicted molar refractivity (Wildman–Crippen MR) is 116 cm³/mol. The fourth-order valence-electron chi connectivity index (χ4n) is 4.16. The highest BCUT2D eigenvalue weighted by Gasteiger charge is 2.34. The van der Waals surface area contributed by atoms with Gasteiger partial charge in [-0.3, -0.25) is 9.78 Å². The molecule has 0 unspecified atom stereocenters. The third kappa shape index (κ3) is 3.95. The number of hydrogen-bond donors (Lipinski definition) is 1. The van der Waals surface area contributed by atoms with Gasteiger partial charge >= 0.3 is 6.03 Å². The van der Waals surface area contributed by atoms with Crippen molar-refractivity contribution in [2.24, 2.45) is 5.92 Å². The van der Waals surface area contributed by atoms with Gasteiger partial charge in [0.2, 0.25) is 5.91 Å². The quantitative estimate of drug-likeness (QED) is 0.847. The van der Waals surface area contributed by atoms with Crippen LogP contribution in [0.25, 0.3) is 5.57 Å². The lowest BCUT2D eigenvalue weighted by Crippen LogP contribution is -2.50. The summed E-state index contributed by atoms with van der Waals surface area (Å²) in [5.74, 6) is 0.977. The van der Waals surface area contributed by atoms with Gasteiger partial charge < -0.3 is 15.1 Å². The number of pyridine rings is 1. The van der Waals surface area contributed by atoms with E-state index in [1.165, 1.54) is 11.1 Å². The molecule has 154 valence electrons. The van der Waals surface area contributed by atoms with Gasteiger partial charge in [0.15, 0.2) is 0 Å². The van der Waals surface area contributed by atoms with Crippen molar-refractivity contribution in [2.45, 2.75) is 25.2 Å². The van der Waals surface area contributed by atoms with Crippen LogP contribution in [0.15, 0.2) is 54.9 Å². The van der Waals surface area contributed by atoms with Gasteiger partial charge in [0.25, 0.3) is 0 Å². The van der Waals surface area contributed by atoms with E-state index in [9.17, 15) is 9.59 Å². The van der Waals surface area contributed by atoms with Gasteiger partial charge in [-0.15, -0.1) is 0 Å². The zero-order chi connectivity index (χ0) is 20.5. The zero-order valence-electron chi connectivity index (χ0n) is 17.0. The molecule has 2 aromatic rings. The molecule has 3 aliphatic rings. The maximum absolute atomic E-state index is 12.5. The maximum Gasteiger partial charge on any atom is 0.321 e. The second kappa shape index (κ2) is 7.94. The molecule has 1 aromatic heterocycles. The van der Waals surface area contributed by atoms with Crippen LogP contribution in [0.5, 0.6) is 0 Å². The van der Waals surface area contributed by atoms with E-state index in [1.54, 1.807) is 6.20 Å². The van der Waals surface area contributed by atoms with Crippen molar-refractivity contribution in [3.8, 4) is 0 Å². The molecule has 1 aromatic carbocycles. The van der Waals surface area contributed by atoms with Crippen LogP contribution in [0.2, 0.25) is 0 Å². The van der Waals surface area contributed by atoms with Crippen LogP contribution < -0.4 is 5.32 Å². The van der Waals surface area contributed by atoms with Crippen molar-refractivity contribution in [1.82, 2.24) is 14.8 Å². The Morgan fingerprint density at radius 1 is 1.03 bits per heavy atom. The van der Waals surface area contributed by atoms with Gasteiger partial charge in [-0.1, -0.05) is 24.3 Å². The fourth-order valence-corrected chi connectivity index (χ4v) is 4.16. The maximum atomic E-state index is 12.5. The number of rotatable bonds is 4. The van der Waals surface area contributed by atoms with E-state index < -0.39 is 0 Å². The Kier molecular flexibility index (Phi) is 4.99. The molecular formula is C24H26N4O2. The Bertz CT molecular complexity index is 960. The van der Waals surface area contributed by atoms with Crippen LogP contribution in [0, 0.1) is 5.92 Å². The lowest BCUT2D eigenvalue weighted by Gasteiger charge is -2.39. The minimum atomic E-state index is -0.0611. The first-order valence-corrected chi connectivity index (χ1v) is 10.7. The van der Waals surface area contributed by atoms with Gasteiger partial charge in [0.1, 0.15) is 0 Å². The van der Waals surface area contributed by atoms with E-state index in [-0.39, 0.29) is 11.9 Å². The number of likely N-dealkylation sites (tertiary alicyclic amines) is 1. The van der Waals surface area contributed by atoms with E-state index >= 15 is 0 Å². The first kappa shape index (κ1) is 18.9. The minimum absolute atomic E-state index is 0.0611. The van der Waals surface area contributed by atoms with Crippen molar-refractivity contribution in [1.29, 1.82) is 0 Å². The normalized spacial score (nSPS) is 19.1. The van der Waals surface area contributed by atoms with Crippen molar-refractivity contribution < 1.29 is 9.59 Å². The van der Waals surface area contributed by atoms with E-state index in [2.05, 4.69) is 22.4 Å². The average molecular weight is 402 g/mol. The highest BCUT2D eigenvalue weighted by Crippen LogP contribution is 2.33. The number of nitrogens with one attached hydrogen (secondary N) is 1. The average Bonchev–Trinajstić information content (AvgIpc) is 3.59. The minimum Gasteiger partial charge on any atom is -0.338 e. The van der Waals surface area contributed by atoms with Crippen LogP contribution in [-0.4, -0.2) is 52.9 Å². The molecule has 0 atom stereocenters. The van der Waals surface area contributed by atoms with Crippen molar-refractivity contribution in [3.63, 3.8) is 0 Å². The topological polar surface area (TPSA) is 65.5 Å². The number of carbonyl (C=O) groups is 2. The van der Waals surface area contributed by atoms with Crippen LogP contribution in [0.4, 0.5) is 10.5 Å². The van der Waals surface area contributed by atoms with Gasteiger partial charge in [-0.2, -0.15) is 0 Å². The third-order valence-corrected chi connectivity index (χ3v) is 6.28. The van der Waals surface area contributed by atoms with E-state index in [0.29, 0.717) is 18.4 Å². The molecule has 1 aliphatic carbocycles. The summed E-state index contributed by atoms with van der Waals surface area (Å²) in [5, 5.41) is 2.99. The molecule has 2 fully saturated rings.